The normalized spacial score (nSPS) is 12.2. The maximum absolute atomic E-state index is 10.6. The Bertz CT molecular complexity index is 253. The second-order valence-electron chi connectivity index (χ2n) is 4.66. The zero-order valence-corrected chi connectivity index (χ0v) is 12.2. The lowest BCUT2D eigenvalue weighted by Gasteiger charge is -2.05. The van der Waals surface area contributed by atoms with Crippen LogP contribution in [0.4, 0.5) is 13.2 Å². The van der Waals surface area contributed by atoms with E-state index in [-0.39, 0.29) is 0 Å². The lowest BCUT2D eigenvalue weighted by Crippen LogP contribution is -2.21. The SMILES string of the molecule is CCCCCCCCC(C=O)CC.O=C(O)C(F)(F)F. The predicted molar refractivity (Wildman–Crippen MR) is 71.5 cm³/mol. The average Bonchev–Trinajstić information content (AvgIpc) is 2.38. The van der Waals surface area contributed by atoms with E-state index in [1.807, 2.05) is 0 Å². The fraction of sp³-hybridized carbons (Fsp3) is 0.857. The highest BCUT2D eigenvalue weighted by Gasteiger charge is 2.38. The third-order valence-corrected chi connectivity index (χ3v) is 2.89. The molecule has 0 aromatic heterocycles. The Morgan fingerprint density at radius 1 is 1.10 bits per heavy atom. The van der Waals surface area contributed by atoms with Crippen molar-refractivity contribution < 1.29 is 27.9 Å². The average molecular weight is 298 g/mol. The van der Waals surface area contributed by atoms with Gasteiger partial charge < -0.3 is 9.90 Å². The van der Waals surface area contributed by atoms with Gasteiger partial charge in [-0.05, 0) is 12.8 Å². The van der Waals surface area contributed by atoms with E-state index in [0.717, 1.165) is 19.1 Å². The van der Waals surface area contributed by atoms with E-state index in [2.05, 4.69) is 13.8 Å². The van der Waals surface area contributed by atoms with Crippen LogP contribution < -0.4 is 0 Å². The van der Waals surface area contributed by atoms with E-state index in [9.17, 15) is 18.0 Å². The maximum Gasteiger partial charge on any atom is 0.490 e. The topological polar surface area (TPSA) is 54.4 Å². The summed E-state index contributed by atoms with van der Waals surface area (Å²) < 4.78 is 31.7. The molecule has 0 aliphatic carbocycles. The Labute approximate surface area is 118 Å². The largest absolute Gasteiger partial charge is 0.490 e. The van der Waals surface area contributed by atoms with Gasteiger partial charge in [0.1, 0.15) is 6.29 Å². The van der Waals surface area contributed by atoms with Crippen LogP contribution in [0.3, 0.4) is 0 Å². The second kappa shape index (κ2) is 12.9. The molecule has 120 valence electrons. The molecule has 0 aromatic carbocycles. The van der Waals surface area contributed by atoms with Gasteiger partial charge in [0.25, 0.3) is 0 Å². The molecular formula is C14H25F3O3. The molecule has 0 saturated heterocycles. The van der Waals surface area contributed by atoms with Gasteiger partial charge >= 0.3 is 12.1 Å². The van der Waals surface area contributed by atoms with Crippen molar-refractivity contribution in [2.75, 3.05) is 0 Å². The van der Waals surface area contributed by atoms with E-state index < -0.39 is 12.1 Å². The number of halogens is 3. The molecule has 0 heterocycles. The summed E-state index contributed by atoms with van der Waals surface area (Å²) in [6.07, 6.45) is 6.09. The van der Waals surface area contributed by atoms with Gasteiger partial charge in [0.05, 0.1) is 0 Å². The molecule has 0 bridgehead atoms. The molecule has 0 aliphatic rings. The number of carboxylic acid groups (broad SMARTS) is 1. The lowest BCUT2D eigenvalue weighted by atomic mass is 9.99. The zero-order chi connectivity index (χ0) is 16.0. The van der Waals surface area contributed by atoms with Gasteiger partial charge in [-0.1, -0.05) is 52.4 Å². The second-order valence-corrected chi connectivity index (χ2v) is 4.66. The number of carboxylic acids is 1. The molecule has 1 N–H and O–H groups in total. The highest BCUT2D eigenvalue weighted by molar-refractivity contribution is 5.73. The lowest BCUT2D eigenvalue weighted by molar-refractivity contribution is -0.192. The molecule has 1 atom stereocenters. The minimum absolute atomic E-state index is 0.325. The first-order chi connectivity index (χ1) is 9.29. The Balaban J connectivity index is 0. The maximum atomic E-state index is 10.6. The van der Waals surface area contributed by atoms with Crippen LogP contribution in [0.2, 0.25) is 0 Å². The number of rotatable bonds is 9. The highest BCUT2D eigenvalue weighted by atomic mass is 19.4. The first-order valence-electron chi connectivity index (χ1n) is 7.04. The summed E-state index contributed by atoms with van der Waals surface area (Å²) in [4.78, 5) is 19.4. The van der Waals surface area contributed by atoms with Crippen molar-refractivity contribution in [2.45, 2.75) is 71.4 Å². The predicted octanol–water partition coefficient (Wildman–Crippen LogP) is 4.60. The molecular weight excluding hydrogens is 273 g/mol. The van der Waals surface area contributed by atoms with Crippen molar-refractivity contribution in [1.82, 2.24) is 0 Å². The monoisotopic (exact) mass is 298 g/mol. The van der Waals surface area contributed by atoms with Gasteiger partial charge in [0.15, 0.2) is 0 Å². The van der Waals surface area contributed by atoms with Gasteiger partial charge in [-0.2, -0.15) is 13.2 Å². The van der Waals surface area contributed by atoms with E-state index in [0.29, 0.717) is 5.92 Å². The Morgan fingerprint density at radius 3 is 1.90 bits per heavy atom. The zero-order valence-electron chi connectivity index (χ0n) is 12.2. The summed E-state index contributed by atoms with van der Waals surface area (Å²) in [5, 5.41) is 7.12. The first-order valence-corrected chi connectivity index (χ1v) is 7.04. The Kier molecular flexibility index (Phi) is 13.7. The molecule has 0 saturated carbocycles. The van der Waals surface area contributed by atoms with Crippen LogP contribution in [0, 0.1) is 5.92 Å². The number of aliphatic carboxylic acids is 1. The van der Waals surface area contributed by atoms with Crippen LogP contribution in [-0.2, 0) is 9.59 Å². The summed E-state index contributed by atoms with van der Waals surface area (Å²) in [7, 11) is 0. The number of aldehydes is 1. The summed E-state index contributed by atoms with van der Waals surface area (Å²) in [5.74, 6) is -2.43. The fourth-order valence-corrected chi connectivity index (χ4v) is 1.56. The highest BCUT2D eigenvalue weighted by Crippen LogP contribution is 2.13. The van der Waals surface area contributed by atoms with Gasteiger partial charge in [-0.3, -0.25) is 0 Å². The smallest absolute Gasteiger partial charge is 0.475 e. The summed E-state index contributed by atoms with van der Waals surface area (Å²) >= 11 is 0. The van der Waals surface area contributed by atoms with E-state index >= 15 is 0 Å². The van der Waals surface area contributed by atoms with Gasteiger partial charge in [0, 0.05) is 5.92 Å². The number of carbonyl (C=O) groups is 2. The number of carbonyl (C=O) groups excluding carboxylic acids is 1. The molecule has 0 spiro atoms. The van der Waals surface area contributed by atoms with Gasteiger partial charge in [-0.25, -0.2) is 4.79 Å². The molecule has 20 heavy (non-hydrogen) atoms. The molecule has 0 aromatic rings. The van der Waals surface area contributed by atoms with Gasteiger partial charge in [-0.15, -0.1) is 0 Å². The van der Waals surface area contributed by atoms with E-state index in [1.165, 1.54) is 38.5 Å². The third-order valence-electron chi connectivity index (χ3n) is 2.89. The van der Waals surface area contributed by atoms with Gasteiger partial charge in [0.2, 0.25) is 0 Å². The molecule has 1 unspecified atom stereocenters. The molecule has 0 rings (SSSR count). The van der Waals surface area contributed by atoms with Crippen molar-refractivity contribution in [3.8, 4) is 0 Å². The minimum Gasteiger partial charge on any atom is -0.475 e. The van der Waals surface area contributed by atoms with Crippen LogP contribution in [-0.4, -0.2) is 23.5 Å². The summed E-state index contributed by atoms with van der Waals surface area (Å²) in [6, 6.07) is 0. The number of alkyl halides is 3. The van der Waals surface area contributed by atoms with Crippen LogP contribution in [0.1, 0.15) is 65.2 Å². The van der Waals surface area contributed by atoms with Crippen LogP contribution in [0.25, 0.3) is 0 Å². The van der Waals surface area contributed by atoms with Crippen molar-refractivity contribution >= 4 is 12.3 Å². The molecule has 0 fully saturated rings. The number of hydrogen-bond acceptors (Lipinski definition) is 2. The molecule has 6 heteroatoms. The van der Waals surface area contributed by atoms with Crippen LogP contribution in [0.15, 0.2) is 0 Å². The Morgan fingerprint density at radius 2 is 1.55 bits per heavy atom. The third kappa shape index (κ3) is 15.0. The molecule has 0 aliphatic heterocycles. The molecule has 3 nitrogen and oxygen atoms in total. The van der Waals surface area contributed by atoms with Crippen molar-refractivity contribution in [2.24, 2.45) is 5.92 Å². The van der Waals surface area contributed by atoms with Crippen LogP contribution >= 0.6 is 0 Å². The number of unbranched alkanes of at least 4 members (excludes halogenated alkanes) is 5. The minimum atomic E-state index is -5.08. The summed E-state index contributed by atoms with van der Waals surface area (Å²) in [6.45, 7) is 4.33. The number of hydrogen-bond donors (Lipinski definition) is 1. The van der Waals surface area contributed by atoms with E-state index in [4.69, 9.17) is 9.90 Å². The quantitative estimate of drug-likeness (QED) is 0.500. The molecule has 0 radical (unpaired) electrons. The van der Waals surface area contributed by atoms with E-state index in [1.54, 1.807) is 0 Å². The fourth-order valence-electron chi connectivity index (χ4n) is 1.56. The first kappa shape index (κ1) is 21.2. The Hall–Kier alpha value is -1.07. The van der Waals surface area contributed by atoms with Crippen molar-refractivity contribution in [3.05, 3.63) is 0 Å². The standard InChI is InChI=1S/C12H24O.C2HF3O2/c1-3-5-6-7-8-9-10-12(4-2)11-13;3-2(4,5)1(6)7/h11-12H,3-10H2,1-2H3;(H,6,7). The van der Waals surface area contributed by atoms with Crippen molar-refractivity contribution in [1.29, 1.82) is 0 Å². The van der Waals surface area contributed by atoms with Crippen molar-refractivity contribution in [3.63, 3.8) is 0 Å². The van der Waals surface area contributed by atoms with Crippen LogP contribution in [0.5, 0.6) is 0 Å². The summed E-state index contributed by atoms with van der Waals surface area (Å²) in [5.41, 5.74) is 0. The molecule has 0 amide bonds.